The summed E-state index contributed by atoms with van der Waals surface area (Å²) in [6, 6.07) is 17.5. The van der Waals surface area contributed by atoms with Crippen molar-refractivity contribution in [3.05, 3.63) is 99.9 Å². The molecule has 4 atom stereocenters. The van der Waals surface area contributed by atoms with Crippen LogP contribution in [-0.4, -0.2) is 42.4 Å². The number of halogens is 1. The quantitative estimate of drug-likeness (QED) is 0.519. The Hall–Kier alpha value is -4.04. The molecule has 7 nitrogen and oxygen atoms in total. The molecule has 2 amide bonds. The number of fused-ring (bicyclic) bond motifs is 3. The molecule has 2 N–H and O–H groups in total. The van der Waals surface area contributed by atoms with Gasteiger partial charge in [-0.25, -0.2) is 9.18 Å². The number of carbonyl (C=O) groups is 3. The van der Waals surface area contributed by atoms with Gasteiger partial charge in [-0.2, -0.15) is 0 Å². The van der Waals surface area contributed by atoms with Crippen LogP contribution >= 0.6 is 0 Å². The van der Waals surface area contributed by atoms with Gasteiger partial charge in [-0.15, -0.1) is 0 Å². The van der Waals surface area contributed by atoms with Crippen molar-refractivity contribution in [1.82, 2.24) is 10.2 Å². The number of rotatable bonds is 4. The first kappa shape index (κ1) is 24.3. The van der Waals surface area contributed by atoms with Gasteiger partial charge in [-0.1, -0.05) is 42.5 Å². The number of nitrogens with one attached hydrogen (secondary N) is 2. The third kappa shape index (κ3) is 3.47. The largest absolute Gasteiger partial charge is 0.465 e. The average Bonchev–Trinajstić information content (AvgIpc) is 3.49. The SMILES string of the molecule is COC(=O)c1ccc(CN2C[C@@H]3N[C@@]4(C(=O)Nc5cc(C)ccc54)[C@@H](c4cccc(C)c4F)[C@@H]3C2=O)cc1. The first-order chi connectivity index (χ1) is 18.2. The number of esters is 1. The topological polar surface area (TPSA) is 87.7 Å². The van der Waals surface area contributed by atoms with Gasteiger partial charge in [0.15, 0.2) is 0 Å². The van der Waals surface area contributed by atoms with Crippen LogP contribution in [0.1, 0.15) is 44.1 Å². The van der Waals surface area contributed by atoms with E-state index in [0.717, 1.165) is 16.7 Å². The number of nitrogens with zero attached hydrogens (tertiary/aromatic N) is 1. The van der Waals surface area contributed by atoms with Gasteiger partial charge < -0.3 is 15.0 Å². The Morgan fingerprint density at radius 2 is 1.87 bits per heavy atom. The van der Waals surface area contributed by atoms with E-state index in [1.54, 1.807) is 54.3 Å². The van der Waals surface area contributed by atoms with Crippen LogP contribution in [0.4, 0.5) is 10.1 Å². The molecule has 3 aromatic carbocycles. The molecule has 0 aliphatic carbocycles. The summed E-state index contributed by atoms with van der Waals surface area (Å²) in [6.45, 7) is 4.36. The highest BCUT2D eigenvalue weighted by atomic mass is 19.1. The van der Waals surface area contributed by atoms with E-state index in [1.807, 2.05) is 25.1 Å². The van der Waals surface area contributed by atoms with Crippen LogP contribution in [0.3, 0.4) is 0 Å². The number of methoxy groups -OCH3 is 1. The Labute approximate surface area is 220 Å². The van der Waals surface area contributed by atoms with Crippen LogP contribution in [0.15, 0.2) is 60.7 Å². The number of benzene rings is 3. The molecule has 0 radical (unpaired) electrons. The number of aryl methyl sites for hydroxylation is 2. The summed E-state index contributed by atoms with van der Waals surface area (Å²) in [4.78, 5) is 41.2. The Kier molecular flexibility index (Phi) is 5.61. The van der Waals surface area contributed by atoms with E-state index in [2.05, 4.69) is 10.6 Å². The van der Waals surface area contributed by atoms with Crippen LogP contribution in [0, 0.1) is 25.6 Å². The Morgan fingerprint density at radius 3 is 2.61 bits per heavy atom. The van der Waals surface area contributed by atoms with Gasteiger partial charge in [0.05, 0.1) is 18.6 Å². The molecule has 194 valence electrons. The molecule has 38 heavy (non-hydrogen) atoms. The monoisotopic (exact) mass is 513 g/mol. The normalized spacial score (nSPS) is 25.5. The highest BCUT2D eigenvalue weighted by molar-refractivity contribution is 6.08. The van der Waals surface area contributed by atoms with E-state index in [0.29, 0.717) is 35.5 Å². The van der Waals surface area contributed by atoms with E-state index in [9.17, 15) is 14.4 Å². The minimum atomic E-state index is -1.25. The van der Waals surface area contributed by atoms with Crippen molar-refractivity contribution in [2.45, 2.75) is 37.9 Å². The fraction of sp³-hybridized carbons (Fsp3) is 0.300. The number of amides is 2. The maximum absolute atomic E-state index is 15.7. The fourth-order valence-electron chi connectivity index (χ4n) is 6.45. The molecular weight excluding hydrogens is 485 g/mol. The molecule has 3 heterocycles. The maximum atomic E-state index is 15.7. The Morgan fingerprint density at radius 1 is 1.11 bits per heavy atom. The zero-order valence-electron chi connectivity index (χ0n) is 21.4. The van der Waals surface area contributed by atoms with Crippen LogP contribution < -0.4 is 10.6 Å². The van der Waals surface area contributed by atoms with E-state index >= 15 is 4.39 Å². The van der Waals surface area contributed by atoms with Gasteiger partial charge in [0.1, 0.15) is 11.4 Å². The van der Waals surface area contributed by atoms with Crippen LogP contribution in [0.5, 0.6) is 0 Å². The van der Waals surface area contributed by atoms with Crippen LogP contribution in [0.25, 0.3) is 0 Å². The molecule has 8 heteroatoms. The molecule has 2 saturated heterocycles. The average molecular weight is 514 g/mol. The summed E-state index contributed by atoms with van der Waals surface area (Å²) in [5, 5.41) is 6.52. The molecule has 0 aromatic heterocycles. The van der Waals surface area contributed by atoms with Gasteiger partial charge in [-0.05, 0) is 54.3 Å². The van der Waals surface area contributed by atoms with E-state index in [4.69, 9.17) is 4.74 Å². The predicted octanol–water partition coefficient (Wildman–Crippen LogP) is 3.79. The molecule has 3 aliphatic rings. The highest BCUT2D eigenvalue weighted by Gasteiger charge is 2.66. The molecule has 6 rings (SSSR count). The van der Waals surface area contributed by atoms with Crippen LogP contribution in [0.2, 0.25) is 0 Å². The van der Waals surface area contributed by atoms with Crippen molar-refractivity contribution in [3.63, 3.8) is 0 Å². The summed E-state index contributed by atoms with van der Waals surface area (Å²) in [7, 11) is 1.33. The molecular formula is C30H28FN3O4. The Balaban J connectivity index is 1.39. The molecule has 0 bridgehead atoms. The zero-order valence-corrected chi connectivity index (χ0v) is 21.4. The lowest BCUT2D eigenvalue weighted by molar-refractivity contribution is -0.132. The number of anilines is 1. The lowest BCUT2D eigenvalue weighted by atomic mass is 9.71. The second-order valence-corrected chi connectivity index (χ2v) is 10.5. The molecule has 3 aliphatic heterocycles. The predicted molar refractivity (Wildman–Crippen MR) is 139 cm³/mol. The maximum Gasteiger partial charge on any atom is 0.337 e. The second-order valence-electron chi connectivity index (χ2n) is 10.5. The first-order valence-corrected chi connectivity index (χ1v) is 12.7. The van der Waals surface area contributed by atoms with Crippen molar-refractivity contribution in [2.24, 2.45) is 5.92 Å². The van der Waals surface area contributed by atoms with Gasteiger partial charge in [0, 0.05) is 36.3 Å². The van der Waals surface area contributed by atoms with Gasteiger partial charge in [0.2, 0.25) is 11.8 Å². The fourth-order valence-corrected chi connectivity index (χ4v) is 6.45. The molecule has 2 fully saturated rings. The minimum Gasteiger partial charge on any atom is -0.465 e. The first-order valence-electron chi connectivity index (χ1n) is 12.7. The molecule has 1 spiro atoms. The molecule has 0 unspecified atom stereocenters. The summed E-state index contributed by atoms with van der Waals surface area (Å²) < 4.78 is 20.5. The number of likely N-dealkylation sites (tertiary alicyclic amines) is 1. The van der Waals surface area contributed by atoms with Gasteiger partial charge in [-0.3, -0.25) is 14.9 Å². The summed E-state index contributed by atoms with van der Waals surface area (Å²) >= 11 is 0. The summed E-state index contributed by atoms with van der Waals surface area (Å²) in [5.74, 6) is -2.57. The van der Waals surface area contributed by atoms with Crippen LogP contribution in [-0.2, 0) is 26.4 Å². The standard InChI is InChI=1S/C30H28FN3O4/c1-16-7-12-21-22(13-16)32-29(37)30(21)25(20-6-4-5-17(2)26(20)31)24-23(33-30)15-34(27(24)35)14-18-8-10-19(11-9-18)28(36)38-3/h4-13,23-25,33H,14-15H2,1-3H3,(H,32,37)/t23-,24+,25-,30+/m0/s1. The van der Waals surface area contributed by atoms with Crippen molar-refractivity contribution >= 4 is 23.5 Å². The van der Waals surface area contributed by atoms with Gasteiger partial charge >= 0.3 is 5.97 Å². The van der Waals surface area contributed by atoms with Crippen molar-refractivity contribution in [2.75, 3.05) is 19.0 Å². The number of hydrogen-bond acceptors (Lipinski definition) is 5. The Bertz CT molecular complexity index is 1490. The van der Waals surface area contributed by atoms with Crippen molar-refractivity contribution < 1.29 is 23.5 Å². The summed E-state index contributed by atoms with van der Waals surface area (Å²) in [6.07, 6.45) is 0. The number of ether oxygens (including phenoxy) is 1. The lowest BCUT2D eigenvalue weighted by Crippen LogP contribution is -2.51. The second kappa shape index (κ2) is 8.77. The molecule has 3 aromatic rings. The van der Waals surface area contributed by atoms with Crippen molar-refractivity contribution in [3.8, 4) is 0 Å². The summed E-state index contributed by atoms with van der Waals surface area (Å²) in [5.41, 5.74) is 3.30. The zero-order chi connectivity index (χ0) is 26.8. The lowest BCUT2D eigenvalue weighted by Gasteiger charge is -2.34. The third-order valence-corrected chi connectivity index (χ3v) is 8.20. The van der Waals surface area contributed by atoms with E-state index in [1.165, 1.54) is 7.11 Å². The van der Waals surface area contributed by atoms with Crippen molar-refractivity contribution in [1.29, 1.82) is 0 Å². The number of hydrogen-bond donors (Lipinski definition) is 2. The van der Waals surface area contributed by atoms with Gasteiger partial charge in [0.25, 0.3) is 0 Å². The van der Waals surface area contributed by atoms with E-state index in [-0.39, 0.29) is 17.9 Å². The highest BCUT2D eigenvalue weighted by Crippen LogP contribution is 2.56. The smallest absolute Gasteiger partial charge is 0.337 e. The number of carbonyl (C=O) groups excluding carboxylic acids is 3. The van der Waals surface area contributed by atoms with E-state index < -0.39 is 29.2 Å². The minimum absolute atomic E-state index is 0.129. The third-order valence-electron chi connectivity index (χ3n) is 8.20. The molecule has 0 saturated carbocycles.